The van der Waals surface area contributed by atoms with Gasteiger partial charge < -0.3 is 5.73 Å². The summed E-state index contributed by atoms with van der Waals surface area (Å²) in [6.07, 6.45) is 0.621. The first-order valence-electron chi connectivity index (χ1n) is 6.13. The SMILES string of the molecule is NC(CSc1ccccc1Cl)Cc1cccc(F)c1Br. The second-order valence-corrected chi connectivity index (χ2v) is 6.68. The Labute approximate surface area is 135 Å². The Hall–Kier alpha value is -0.550. The fourth-order valence-electron chi connectivity index (χ4n) is 1.81. The number of thioether (sulfide) groups is 1. The van der Waals surface area contributed by atoms with Crippen LogP contribution in [0.2, 0.25) is 5.02 Å². The van der Waals surface area contributed by atoms with Crippen molar-refractivity contribution in [3.63, 3.8) is 0 Å². The Morgan fingerprint density at radius 1 is 1.20 bits per heavy atom. The van der Waals surface area contributed by atoms with Crippen LogP contribution in [-0.4, -0.2) is 11.8 Å². The predicted octanol–water partition coefficient (Wildman–Crippen LogP) is 4.90. The van der Waals surface area contributed by atoms with Crippen LogP contribution in [0, 0.1) is 5.82 Å². The number of nitrogens with two attached hydrogens (primary N) is 1. The fourth-order valence-corrected chi connectivity index (χ4v) is 3.42. The molecule has 0 fully saturated rings. The molecule has 20 heavy (non-hydrogen) atoms. The van der Waals surface area contributed by atoms with Gasteiger partial charge >= 0.3 is 0 Å². The van der Waals surface area contributed by atoms with E-state index in [0.717, 1.165) is 21.2 Å². The van der Waals surface area contributed by atoms with Crippen molar-refractivity contribution in [3.8, 4) is 0 Å². The van der Waals surface area contributed by atoms with Crippen molar-refractivity contribution in [2.75, 3.05) is 5.75 Å². The molecule has 0 bridgehead atoms. The van der Waals surface area contributed by atoms with Gasteiger partial charge in [0.15, 0.2) is 0 Å². The summed E-state index contributed by atoms with van der Waals surface area (Å²) in [4.78, 5) is 1.02. The summed E-state index contributed by atoms with van der Waals surface area (Å²) in [5.74, 6) is 0.473. The van der Waals surface area contributed by atoms with Crippen molar-refractivity contribution in [3.05, 3.63) is 63.3 Å². The van der Waals surface area contributed by atoms with E-state index in [9.17, 15) is 4.39 Å². The van der Waals surface area contributed by atoms with Crippen molar-refractivity contribution in [2.24, 2.45) is 5.73 Å². The quantitative estimate of drug-likeness (QED) is 0.753. The Morgan fingerprint density at radius 2 is 1.95 bits per heavy atom. The van der Waals surface area contributed by atoms with Crippen LogP contribution in [-0.2, 0) is 6.42 Å². The van der Waals surface area contributed by atoms with Gasteiger partial charge in [0.25, 0.3) is 0 Å². The molecule has 0 amide bonds. The summed E-state index contributed by atoms with van der Waals surface area (Å²) in [5.41, 5.74) is 7.00. The number of hydrogen-bond acceptors (Lipinski definition) is 2. The molecule has 1 unspecified atom stereocenters. The maximum Gasteiger partial charge on any atom is 0.137 e. The summed E-state index contributed by atoms with van der Waals surface area (Å²) < 4.78 is 13.9. The predicted molar refractivity (Wildman–Crippen MR) is 88.0 cm³/mol. The Morgan fingerprint density at radius 3 is 2.70 bits per heavy atom. The van der Waals surface area contributed by atoms with E-state index in [1.54, 1.807) is 17.8 Å². The molecule has 1 nitrogen and oxygen atoms in total. The van der Waals surface area contributed by atoms with Crippen LogP contribution in [0.3, 0.4) is 0 Å². The highest BCUT2D eigenvalue weighted by molar-refractivity contribution is 9.10. The molecule has 0 aliphatic rings. The molecule has 5 heteroatoms. The third-order valence-electron chi connectivity index (χ3n) is 2.80. The number of hydrogen-bond donors (Lipinski definition) is 1. The van der Waals surface area contributed by atoms with E-state index in [1.165, 1.54) is 6.07 Å². The zero-order valence-corrected chi connectivity index (χ0v) is 13.8. The zero-order valence-electron chi connectivity index (χ0n) is 10.7. The normalized spacial score (nSPS) is 12.4. The van der Waals surface area contributed by atoms with Gasteiger partial charge in [0, 0.05) is 16.7 Å². The van der Waals surface area contributed by atoms with E-state index < -0.39 is 0 Å². The van der Waals surface area contributed by atoms with Crippen LogP contribution >= 0.6 is 39.3 Å². The van der Waals surface area contributed by atoms with Gasteiger partial charge in [0.2, 0.25) is 0 Å². The van der Waals surface area contributed by atoms with Crippen molar-refractivity contribution in [1.29, 1.82) is 0 Å². The van der Waals surface area contributed by atoms with Crippen molar-refractivity contribution in [1.82, 2.24) is 0 Å². The molecule has 2 N–H and O–H groups in total. The summed E-state index contributed by atoms with van der Waals surface area (Å²) in [6.45, 7) is 0. The lowest BCUT2D eigenvalue weighted by molar-refractivity contribution is 0.615. The van der Waals surface area contributed by atoms with E-state index in [0.29, 0.717) is 10.9 Å². The Balaban J connectivity index is 1.94. The molecular weight excluding hydrogens is 361 g/mol. The standard InChI is InChI=1S/C15H14BrClFNS/c16-15-10(4-3-6-13(15)18)8-11(19)9-20-14-7-2-1-5-12(14)17/h1-7,11H,8-9,19H2. The van der Waals surface area contributed by atoms with Crippen molar-refractivity contribution < 1.29 is 4.39 Å². The van der Waals surface area contributed by atoms with Crippen molar-refractivity contribution >= 4 is 39.3 Å². The molecule has 0 aromatic heterocycles. The molecule has 1 atom stereocenters. The van der Waals surface area contributed by atoms with Crippen LogP contribution < -0.4 is 5.73 Å². The van der Waals surface area contributed by atoms with E-state index in [4.69, 9.17) is 17.3 Å². The topological polar surface area (TPSA) is 26.0 Å². The maximum atomic E-state index is 13.4. The summed E-state index contributed by atoms with van der Waals surface area (Å²) in [6, 6.07) is 12.6. The average Bonchev–Trinajstić information content (AvgIpc) is 2.43. The van der Waals surface area contributed by atoms with Gasteiger partial charge in [-0.2, -0.15) is 0 Å². The average molecular weight is 375 g/mol. The highest BCUT2D eigenvalue weighted by Crippen LogP contribution is 2.28. The van der Waals surface area contributed by atoms with E-state index >= 15 is 0 Å². The lowest BCUT2D eigenvalue weighted by atomic mass is 10.1. The molecule has 0 heterocycles. The van der Waals surface area contributed by atoms with Crippen LogP contribution in [0.4, 0.5) is 4.39 Å². The molecule has 0 aliphatic carbocycles. The van der Waals surface area contributed by atoms with Gasteiger partial charge in [-0.15, -0.1) is 11.8 Å². The highest BCUT2D eigenvalue weighted by Gasteiger charge is 2.11. The van der Waals surface area contributed by atoms with Gasteiger partial charge in [-0.25, -0.2) is 4.39 Å². The molecular formula is C15H14BrClFNS. The van der Waals surface area contributed by atoms with Crippen LogP contribution in [0.1, 0.15) is 5.56 Å². The molecule has 2 aromatic rings. The van der Waals surface area contributed by atoms with E-state index in [-0.39, 0.29) is 11.9 Å². The maximum absolute atomic E-state index is 13.4. The van der Waals surface area contributed by atoms with Gasteiger partial charge in [-0.1, -0.05) is 35.9 Å². The molecule has 2 aromatic carbocycles. The minimum absolute atomic E-state index is 0.0608. The summed E-state index contributed by atoms with van der Waals surface area (Å²) in [7, 11) is 0. The third-order valence-corrected chi connectivity index (χ3v) is 5.39. The number of rotatable bonds is 5. The molecule has 0 spiro atoms. The third kappa shape index (κ3) is 4.22. The van der Waals surface area contributed by atoms with Gasteiger partial charge in [-0.3, -0.25) is 0 Å². The number of benzene rings is 2. The Bertz CT molecular complexity index is 594. The number of halogens is 3. The smallest absolute Gasteiger partial charge is 0.137 e. The molecule has 0 aliphatic heterocycles. The molecule has 106 valence electrons. The summed E-state index contributed by atoms with van der Waals surface area (Å²) >= 11 is 11.0. The first kappa shape index (κ1) is 15.8. The van der Waals surface area contributed by atoms with Crippen LogP contribution in [0.25, 0.3) is 0 Å². The fraction of sp³-hybridized carbons (Fsp3) is 0.200. The van der Waals surface area contributed by atoms with Crippen LogP contribution in [0.15, 0.2) is 51.8 Å². The van der Waals surface area contributed by atoms with Gasteiger partial charge in [-0.05, 0) is 46.1 Å². The zero-order chi connectivity index (χ0) is 14.5. The molecule has 0 saturated carbocycles. The van der Waals surface area contributed by atoms with Crippen LogP contribution in [0.5, 0.6) is 0 Å². The van der Waals surface area contributed by atoms with Gasteiger partial charge in [0.1, 0.15) is 5.82 Å². The molecule has 2 rings (SSSR count). The van der Waals surface area contributed by atoms with Crippen molar-refractivity contribution in [2.45, 2.75) is 17.4 Å². The second-order valence-electron chi connectivity index (χ2n) is 4.42. The Kier molecular flexibility index (Phi) is 5.90. The lowest BCUT2D eigenvalue weighted by Crippen LogP contribution is -2.25. The minimum atomic E-state index is -0.256. The second kappa shape index (κ2) is 7.46. The minimum Gasteiger partial charge on any atom is -0.327 e. The lowest BCUT2D eigenvalue weighted by Gasteiger charge is -2.13. The molecule has 0 saturated heterocycles. The van der Waals surface area contributed by atoms with E-state index in [1.807, 2.05) is 30.3 Å². The highest BCUT2D eigenvalue weighted by atomic mass is 79.9. The summed E-state index contributed by atoms with van der Waals surface area (Å²) in [5, 5.41) is 0.733. The first-order valence-corrected chi connectivity index (χ1v) is 8.29. The largest absolute Gasteiger partial charge is 0.327 e. The monoisotopic (exact) mass is 373 g/mol. The molecule has 0 radical (unpaired) electrons. The van der Waals surface area contributed by atoms with E-state index in [2.05, 4.69) is 15.9 Å². The van der Waals surface area contributed by atoms with Gasteiger partial charge in [0.05, 0.1) is 9.50 Å². The first-order chi connectivity index (χ1) is 9.58.